The van der Waals surface area contributed by atoms with Crippen molar-refractivity contribution in [2.24, 2.45) is 0 Å². The van der Waals surface area contributed by atoms with Gasteiger partial charge in [-0.25, -0.2) is 8.42 Å². The smallest absolute Gasteiger partial charge is 0.207 e. The molecule has 0 N–H and O–H groups in total. The van der Waals surface area contributed by atoms with Crippen LogP contribution in [-0.4, -0.2) is 25.3 Å². The van der Waals surface area contributed by atoms with Gasteiger partial charge < -0.3 is 0 Å². The largest absolute Gasteiger partial charge is 0.243 e. The van der Waals surface area contributed by atoms with Crippen LogP contribution in [0.25, 0.3) is 0 Å². The molecule has 0 aliphatic carbocycles. The summed E-state index contributed by atoms with van der Waals surface area (Å²) in [5, 5.41) is 0. The predicted octanol–water partition coefficient (Wildman–Crippen LogP) is 3.61. The summed E-state index contributed by atoms with van der Waals surface area (Å²) in [5.41, 5.74) is 2.68. The predicted molar refractivity (Wildman–Crippen MR) is 82.7 cm³/mol. The molecule has 0 aromatic heterocycles. The van der Waals surface area contributed by atoms with Crippen LogP contribution in [0.4, 0.5) is 0 Å². The van der Waals surface area contributed by atoms with Gasteiger partial charge in [0.2, 0.25) is 10.0 Å². The number of alkyl halides is 1. The fraction of sp³-hybridized carbons (Fsp3) is 0.600. The third-order valence-electron chi connectivity index (χ3n) is 4.21. The van der Waals surface area contributed by atoms with Crippen LogP contribution >= 0.6 is 11.6 Å². The fourth-order valence-corrected chi connectivity index (χ4v) is 5.18. The van der Waals surface area contributed by atoms with Crippen LogP contribution in [0, 0.1) is 13.8 Å². The van der Waals surface area contributed by atoms with Crippen molar-refractivity contribution in [1.82, 2.24) is 4.31 Å². The summed E-state index contributed by atoms with van der Waals surface area (Å²) >= 11 is 5.88. The van der Waals surface area contributed by atoms with Gasteiger partial charge in [0, 0.05) is 18.5 Å². The lowest BCUT2D eigenvalue weighted by atomic mass is 10.1. The van der Waals surface area contributed by atoms with Gasteiger partial charge in [0.05, 0.1) is 4.90 Å². The molecule has 0 bridgehead atoms. The summed E-state index contributed by atoms with van der Waals surface area (Å²) in [6.07, 6.45) is 2.78. The molecule has 1 aromatic carbocycles. The van der Waals surface area contributed by atoms with E-state index in [9.17, 15) is 8.42 Å². The summed E-state index contributed by atoms with van der Waals surface area (Å²) in [7, 11) is -3.41. The first-order chi connectivity index (χ1) is 9.41. The third kappa shape index (κ3) is 2.74. The average molecular weight is 316 g/mol. The number of benzene rings is 1. The van der Waals surface area contributed by atoms with Crippen LogP contribution in [0.1, 0.15) is 42.9 Å². The van der Waals surface area contributed by atoms with Crippen molar-refractivity contribution >= 4 is 21.6 Å². The number of rotatable bonds is 4. The molecule has 0 radical (unpaired) electrons. The number of nitrogens with zero attached hydrogens (tertiary/aromatic N) is 1. The fourth-order valence-electron chi connectivity index (χ4n) is 2.90. The molecule has 1 atom stereocenters. The van der Waals surface area contributed by atoms with E-state index in [0.717, 1.165) is 36.0 Å². The molecule has 0 amide bonds. The highest BCUT2D eigenvalue weighted by molar-refractivity contribution is 7.89. The van der Waals surface area contributed by atoms with E-state index in [2.05, 4.69) is 0 Å². The lowest BCUT2D eigenvalue weighted by Gasteiger charge is -2.24. The third-order valence-corrected chi connectivity index (χ3v) is 6.60. The van der Waals surface area contributed by atoms with Crippen molar-refractivity contribution < 1.29 is 8.42 Å². The van der Waals surface area contributed by atoms with Gasteiger partial charge >= 0.3 is 0 Å². The SMILES string of the molecule is CCC1CCCN1S(=O)(=O)c1cc(CCl)cc(C)c1C. The van der Waals surface area contributed by atoms with E-state index in [1.807, 2.05) is 26.8 Å². The molecule has 1 aliphatic heterocycles. The van der Waals surface area contributed by atoms with E-state index in [-0.39, 0.29) is 6.04 Å². The summed E-state index contributed by atoms with van der Waals surface area (Å²) in [4.78, 5) is 0.425. The van der Waals surface area contributed by atoms with Crippen LogP contribution in [0.2, 0.25) is 0 Å². The van der Waals surface area contributed by atoms with Crippen molar-refractivity contribution in [3.8, 4) is 0 Å². The number of halogens is 1. The van der Waals surface area contributed by atoms with Gasteiger partial charge in [-0.05, 0) is 55.9 Å². The van der Waals surface area contributed by atoms with Crippen molar-refractivity contribution in [2.45, 2.75) is 56.9 Å². The molecule has 1 fully saturated rings. The van der Waals surface area contributed by atoms with Crippen LogP contribution in [0.3, 0.4) is 0 Å². The molecular formula is C15H22ClNO2S. The molecule has 1 aromatic rings. The number of aryl methyl sites for hydroxylation is 1. The zero-order valence-electron chi connectivity index (χ0n) is 12.3. The summed E-state index contributed by atoms with van der Waals surface area (Å²) < 4.78 is 27.5. The minimum Gasteiger partial charge on any atom is -0.207 e. The average Bonchev–Trinajstić information content (AvgIpc) is 2.90. The van der Waals surface area contributed by atoms with Gasteiger partial charge in [-0.1, -0.05) is 13.0 Å². The molecule has 0 saturated carbocycles. The summed E-state index contributed by atoms with van der Waals surface area (Å²) in [6.45, 7) is 6.49. The van der Waals surface area contributed by atoms with Gasteiger partial charge in [0.25, 0.3) is 0 Å². The van der Waals surface area contributed by atoms with Gasteiger partial charge in [-0.2, -0.15) is 4.31 Å². The Kier molecular flexibility index (Phi) is 4.77. The molecule has 1 heterocycles. The Morgan fingerprint density at radius 1 is 1.35 bits per heavy atom. The van der Waals surface area contributed by atoms with E-state index < -0.39 is 10.0 Å². The molecule has 1 unspecified atom stereocenters. The Balaban J connectivity index is 2.51. The zero-order valence-corrected chi connectivity index (χ0v) is 13.9. The Morgan fingerprint density at radius 3 is 2.65 bits per heavy atom. The van der Waals surface area contributed by atoms with Gasteiger partial charge in [-0.3, -0.25) is 0 Å². The highest BCUT2D eigenvalue weighted by Crippen LogP contribution is 2.31. The summed E-state index contributed by atoms with van der Waals surface area (Å²) in [5.74, 6) is 0.334. The van der Waals surface area contributed by atoms with E-state index in [1.165, 1.54) is 0 Å². The van der Waals surface area contributed by atoms with E-state index in [0.29, 0.717) is 17.3 Å². The Bertz CT molecular complexity index is 598. The molecule has 2 rings (SSSR count). The first-order valence-corrected chi connectivity index (χ1v) is 9.07. The number of hydrogen-bond donors (Lipinski definition) is 0. The standard InChI is InChI=1S/C15H22ClNO2S/c1-4-14-6-5-7-17(14)20(18,19)15-9-13(10-16)8-11(2)12(15)3/h8-9,14H,4-7,10H2,1-3H3. The van der Waals surface area contributed by atoms with Crippen LogP contribution in [0.15, 0.2) is 17.0 Å². The Morgan fingerprint density at radius 2 is 2.05 bits per heavy atom. The second kappa shape index (κ2) is 6.04. The van der Waals surface area contributed by atoms with Crippen LogP contribution in [0.5, 0.6) is 0 Å². The van der Waals surface area contributed by atoms with Gasteiger partial charge in [-0.15, -0.1) is 11.6 Å². The monoisotopic (exact) mass is 315 g/mol. The van der Waals surface area contributed by atoms with Crippen LogP contribution < -0.4 is 0 Å². The molecule has 1 aliphatic rings. The Hall–Kier alpha value is -0.580. The van der Waals surface area contributed by atoms with E-state index >= 15 is 0 Å². The van der Waals surface area contributed by atoms with Gasteiger partial charge in [0.1, 0.15) is 0 Å². The maximum absolute atomic E-state index is 12.9. The molecule has 0 spiro atoms. The molecule has 20 heavy (non-hydrogen) atoms. The maximum atomic E-state index is 12.9. The molecule has 1 saturated heterocycles. The maximum Gasteiger partial charge on any atom is 0.243 e. The Labute approximate surface area is 127 Å². The quantitative estimate of drug-likeness (QED) is 0.796. The lowest BCUT2D eigenvalue weighted by Crippen LogP contribution is -2.35. The first-order valence-electron chi connectivity index (χ1n) is 7.09. The zero-order chi connectivity index (χ0) is 14.9. The second-order valence-corrected chi connectivity index (χ2v) is 7.62. The van der Waals surface area contributed by atoms with E-state index in [1.54, 1.807) is 10.4 Å². The highest BCUT2D eigenvalue weighted by atomic mass is 35.5. The van der Waals surface area contributed by atoms with Crippen molar-refractivity contribution in [2.75, 3.05) is 6.54 Å². The second-order valence-electron chi connectivity index (χ2n) is 5.49. The summed E-state index contributed by atoms with van der Waals surface area (Å²) in [6, 6.07) is 3.83. The lowest BCUT2D eigenvalue weighted by molar-refractivity contribution is 0.379. The molecular weight excluding hydrogens is 294 g/mol. The highest BCUT2D eigenvalue weighted by Gasteiger charge is 2.35. The molecule has 5 heteroatoms. The van der Waals surface area contributed by atoms with E-state index in [4.69, 9.17) is 11.6 Å². The number of hydrogen-bond acceptors (Lipinski definition) is 2. The van der Waals surface area contributed by atoms with Crippen molar-refractivity contribution in [1.29, 1.82) is 0 Å². The van der Waals surface area contributed by atoms with Crippen molar-refractivity contribution in [3.05, 3.63) is 28.8 Å². The normalized spacial score (nSPS) is 20.5. The topological polar surface area (TPSA) is 37.4 Å². The van der Waals surface area contributed by atoms with Crippen molar-refractivity contribution in [3.63, 3.8) is 0 Å². The first kappa shape index (κ1) is 15.8. The minimum absolute atomic E-state index is 0.138. The van der Waals surface area contributed by atoms with Crippen LogP contribution in [-0.2, 0) is 15.9 Å². The molecule has 3 nitrogen and oxygen atoms in total. The minimum atomic E-state index is -3.41. The molecule has 112 valence electrons. The number of sulfonamides is 1. The van der Waals surface area contributed by atoms with Gasteiger partial charge in [0.15, 0.2) is 0 Å².